The van der Waals surface area contributed by atoms with Crippen molar-refractivity contribution in [3.05, 3.63) is 0 Å². The lowest BCUT2D eigenvalue weighted by molar-refractivity contribution is -0.149. The normalized spacial score (nSPS) is 18.4. The van der Waals surface area contributed by atoms with Crippen LogP contribution in [-0.2, 0) is 9.53 Å². The van der Waals surface area contributed by atoms with Crippen molar-refractivity contribution < 1.29 is 9.53 Å². The van der Waals surface area contributed by atoms with Gasteiger partial charge >= 0.3 is 0 Å². The number of hydrogen-bond donors (Lipinski definition) is 0. The van der Waals surface area contributed by atoms with Crippen molar-refractivity contribution >= 4 is 5.78 Å². The topological polar surface area (TPSA) is 26.3 Å². The second kappa shape index (κ2) is 9.52. The van der Waals surface area contributed by atoms with E-state index in [0.29, 0.717) is 12.4 Å². The first-order valence-electron chi connectivity index (χ1n) is 8.42. The molecule has 19 heavy (non-hydrogen) atoms. The lowest BCUT2D eigenvalue weighted by atomic mass is 9.80. The van der Waals surface area contributed by atoms with Crippen molar-refractivity contribution in [2.24, 2.45) is 0 Å². The molecular weight excluding hydrogens is 236 g/mol. The molecule has 0 aromatic rings. The van der Waals surface area contributed by atoms with Gasteiger partial charge in [-0.1, -0.05) is 58.3 Å². The Balaban J connectivity index is 2.28. The fourth-order valence-electron chi connectivity index (χ4n) is 3.20. The van der Waals surface area contributed by atoms with Crippen LogP contribution in [0.15, 0.2) is 0 Å². The van der Waals surface area contributed by atoms with Crippen LogP contribution in [0, 0.1) is 0 Å². The molecule has 2 heteroatoms. The molecule has 0 aromatic carbocycles. The Bertz CT molecular complexity index is 236. The number of carbonyl (C=O) groups is 1. The summed E-state index contributed by atoms with van der Waals surface area (Å²) in [5.41, 5.74) is -0.406. The maximum atomic E-state index is 12.5. The number of Topliss-reactive ketones (excluding diaryl/α,β-unsaturated/α-hetero) is 1. The van der Waals surface area contributed by atoms with Gasteiger partial charge in [-0.25, -0.2) is 0 Å². The van der Waals surface area contributed by atoms with E-state index in [0.717, 1.165) is 38.5 Å². The van der Waals surface area contributed by atoms with Crippen molar-refractivity contribution in [1.29, 1.82) is 0 Å². The molecule has 1 rings (SSSR count). The lowest BCUT2D eigenvalue weighted by Gasteiger charge is -2.35. The Morgan fingerprint density at radius 1 is 0.947 bits per heavy atom. The van der Waals surface area contributed by atoms with Crippen molar-refractivity contribution in [1.82, 2.24) is 0 Å². The molecule has 1 aliphatic carbocycles. The Kier molecular flexibility index (Phi) is 8.36. The van der Waals surface area contributed by atoms with E-state index in [1.54, 1.807) is 0 Å². The van der Waals surface area contributed by atoms with E-state index in [-0.39, 0.29) is 0 Å². The van der Waals surface area contributed by atoms with E-state index in [1.807, 2.05) is 6.92 Å². The van der Waals surface area contributed by atoms with Gasteiger partial charge in [0.05, 0.1) is 0 Å². The van der Waals surface area contributed by atoms with Crippen LogP contribution >= 0.6 is 0 Å². The van der Waals surface area contributed by atoms with Gasteiger partial charge in [-0.2, -0.15) is 0 Å². The highest BCUT2D eigenvalue weighted by Gasteiger charge is 2.39. The molecule has 0 aliphatic heterocycles. The van der Waals surface area contributed by atoms with Gasteiger partial charge in [-0.15, -0.1) is 0 Å². The van der Waals surface area contributed by atoms with Crippen LogP contribution in [0.4, 0.5) is 0 Å². The van der Waals surface area contributed by atoms with Gasteiger partial charge < -0.3 is 4.74 Å². The monoisotopic (exact) mass is 268 g/mol. The number of ether oxygens (including phenoxy) is 1. The fraction of sp³-hybridized carbons (Fsp3) is 0.941. The zero-order valence-electron chi connectivity index (χ0n) is 13.0. The van der Waals surface area contributed by atoms with Crippen molar-refractivity contribution in [2.75, 3.05) is 6.61 Å². The van der Waals surface area contributed by atoms with Crippen LogP contribution in [0.25, 0.3) is 0 Å². The van der Waals surface area contributed by atoms with Crippen molar-refractivity contribution in [3.8, 4) is 0 Å². The predicted octanol–water partition coefficient (Wildman–Crippen LogP) is 5.05. The molecular formula is C17H32O2. The number of unbranched alkanes of at least 4 members (excludes halogenated alkanes) is 5. The molecule has 0 saturated heterocycles. The summed E-state index contributed by atoms with van der Waals surface area (Å²) in [6.07, 6.45) is 13.7. The predicted molar refractivity (Wildman–Crippen MR) is 80.4 cm³/mol. The van der Waals surface area contributed by atoms with Crippen LogP contribution < -0.4 is 0 Å². The molecule has 0 heterocycles. The maximum absolute atomic E-state index is 12.5. The minimum atomic E-state index is -0.406. The summed E-state index contributed by atoms with van der Waals surface area (Å²) in [6.45, 7) is 4.91. The highest BCUT2D eigenvalue weighted by atomic mass is 16.5. The highest BCUT2D eigenvalue weighted by Crippen LogP contribution is 2.33. The van der Waals surface area contributed by atoms with Gasteiger partial charge in [0.25, 0.3) is 0 Å². The second-order valence-corrected chi connectivity index (χ2v) is 5.93. The van der Waals surface area contributed by atoms with Crippen molar-refractivity contribution in [3.63, 3.8) is 0 Å². The van der Waals surface area contributed by atoms with Crippen LogP contribution in [-0.4, -0.2) is 18.0 Å². The third-order valence-electron chi connectivity index (χ3n) is 4.35. The quantitative estimate of drug-likeness (QED) is 0.518. The first kappa shape index (κ1) is 16.7. The minimum Gasteiger partial charge on any atom is -0.368 e. The average molecular weight is 268 g/mol. The Hall–Kier alpha value is -0.370. The smallest absolute Gasteiger partial charge is 0.164 e. The average Bonchev–Trinajstić information content (AvgIpc) is 2.44. The van der Waals surface area contributed by atoms with E-state index in [2.05, 4.69) is 6.92 Å². The zero-order chi connectivity index (χ0) is 14.0. The summed E-state index contributed by atoms with van der Waals surface area (Å²) in [6, 6.07) is 0. The van der Waals surface area contributed by atoms with Crippen LogP contribution in [0.1, 0.15) is 90.9 Å². The summed E-state index contributed by atoms with van der Waals surface area (Å²) in [7, 11) is 0. The van der Waals surface area contributed by atoms with Crippen LogP contribution in [0.2, 0.25) is 0 Å². The molecule has 112 valence electrons. The molecule has 0 amide bonds. The summed E-state index contributed by atoms with van der Waals surface area (Å²) in [5.74, 6) is 0.379. The summed E-state index contributed by atoms with van der Waals surface area (Å²) in [4.78, 5) is 12.5. The molecule has 0 bridgehead atoms. The second-order valence-electron chi connectivity index (χ2n) is 5.93. The van der Waals surface area contributed by atoms with E-state index in [4.69, 9.17) is 4.74 Å². The first-order chi connectivity index (χ1) is 9.25. The van der Waals surface area contributed by atoms with E-state index in [1.165, 1.54) is 38.5 Å². The molecule has 0 spiro atoms. The molecule has 1 aliphatic rings. The summed E-state index contributed by atoms with van der Waals surface area (Å²) in [5, 5.41) is 0. The largest absolute Gasteiger partial charge is 0.368 e. The first-order valence-corrected chi connectivity index (χ1v) is 8.42. The molecule has 0 unspecified atom stereocenters. The van der Waals surface area contributed by atoms with E-state index < -0.39 is 5.60 Å². The number of rotatable bonds is 10. The van der Waals surface area contributed by atoms with Gasteiger partial charge in [-0.3, -0.25) is 4.79 Å². The number of carbonyl (C=O) groups excluding carboxylic acids is 1. The third-order valence-corrected chi connectivity index (χ3v) is 4.35. The SMILES string of the molecule is CCCCCCCCC(=O)C1(OCC)CCCCC1. The van der Waals surface area contributed by atoms with Crippen LogP contribution in [0.5, 0.6) is 0 Å². The van der Waals surface area contributed by atoms with E-state index >= 15 is 0 Å². The number of hydrogen-bond acceptors (Lipinski definition) is 2. The van der Waals surface area contributed by atoms with Crippen LogP contribution in [0.3, 0.4) is 0 Å². The Morgan fingerprint density at radius 3 is 2.21 bits per heavy atom. The molecule has 0 radical (unpaired) electrons. The van der Waals surface area contributed by atoms with Gasteiger partial charge in [0.1, 0.15) is 5.60 Å². The minimum absolute atomic E-state index is 0.379. The summed E-state index contributed by atoms with van der Waals surface area (Å²) < 4.78 is 5.88. The molecule has 1 saturated carbocycles. The van der Waals surface area contributed by atoms with Gasteiger partial charge in [0, 0.05) is 13.0 Å². The maximum Gasteiger partial charge on any atom is 0.164 e. The molecule has 0 aromatic heterocycles. The molecule has 0 atom stereocenters. The van der Waals surface area contributed by atoms with Gasteiger partial charge in [-0.05, 0) is 26.2 Å². The molecule has 0 N–H and O–H groups in total. The Labute approximate surface area is 119 Å². The lowest BCUT2D eigenvalue weighted by Crippen LogP contribution is -2.43. The Morgan fingerprint density at radius 2 is 1.58 bits per heavy atom. The fourth-order valence-corrected chi connectivity index (χ4v) is 3.20. The van der Waals surface area contributed by atoms with Gasteiger partial charge in [0.15, 0.2) is 5.78 Å². The van der Waals surface area contributed by atoms with Crippen molar-refractivity contribution in [2.45, 2.75) is 96.5 Å². The standard InChI is InChI=1S/C17H32O2/c1-3-5-6-7-8-10-13-16(18)17(19-4-2)14-11-9-12-15-17/h3-15H2,1-2H3. The highest BCUT2D eigenvalue weighted by molar-refractivity contribution is 5.87. The summed E-state index contributed by atoms with van der Waals surface area (Å²) >= 11 is 0. The molecule has 2 nitrogen and oxygen atoms in total. The third kappa shape index (κ3) is 5.64. The van der Waals surface area contributed by atoms with E-state index in [9.17, 15) is 4.79 Å². The molecule has 1 fully saturated rings. The van der Waals surface area contributed by atoms with Gasteiger partial charge in [0.2, 0.25) is 0 Å². The number of ketones is 1. The zero-order valence-corrected chi connectivity index (χ0v) is 13.0.